The van der Waals surface area contributed by atoms with Crippen molar-refractivity contribution in [3.05, 3.63) is 86.3 Å². The van der Waals surface area contributed by atoms with Crippen molar-refractivity contribution >= 4 is 46.3 Å². The summed E-state index contributed by atoms with van der Waals surface area (Å²) in [6.45, 7) is 0. The first-order valence-electron chi connectivity index (χ1n) is 8.00. The van der Waals surface area contributed by atoms with Crippen LogP contribution in [0.1, 0.15) is 4.88 Å². The Balaban J connectivity index is 1.83. The van der Waals surface area contributed by atoms with Gasteiger partial charge >= 0.3 is 0 Å². The lowest BCUT2D eigenvalue weighted by molar-refractivity contribution is -0.384. The molecule has 8 heteroatoms. The first-order valence-corrected chi connectivity index (χ1v) is 9.19. The highest BCUT2D eigenvalue weighted by molar-refractivity contribution is 7.16. The van der Waals surface area contributed by atoms with Crippen molar-refractivity contribution in [2.45, 2.75) is 0 Å². The number of nitro groups is 1. The Morgan fingerprint density at radius 3 is 2.68 bits per heavy atom. The first-order chi connectivity index (χ1) is 13.5. The molecule has 3 rings (SSSR count). The van der Waals surface area contributed by atoms with Gasteiger partial charge in [-0.1, -0.05) is 35.9 Å². The van der Waals surface area contributed by atoms with Crippen molar-refractivity contribution in [3.8, 4) is 16.5 Å². The van der Waals surface area contributed by atoms with Gasteiger partial charge in [0.15, 0.2) is 0 Å². The number of hydrogen-bond acceptors (Lipinski definition) is 5. The summed E-state index contributed by atoms with van der Waals surface area (Å²) in [4.78, 5) is 24.3. The molecule has 0 bridgehead atoms. The molecule has 1 N–H and O–H groups in total. The normalized spacial score (nSPS) is 10.9. The monoisotopic (exact) mass is 409 g/mol. The van der Waals surface area contributed by atoms with Crippen molar-refractivity contribution in [2.75, 3.05) is 5.32 Å². The van der Waals surface area contributed by atoms with E-state index < -0.39 is 10.8 Å². The number of carbonyl (C=O) groups excluding carboxylic acids is 1. The maximum Gasteiger partial charge on any atom is 0.270 e. The number of amides is 1. The molecule has 1 amide bonds. The number of carbonyl (C=O) groups is 1. The second-order valence-corrected chi connectivity index (χ2v) is 7.14. The van der Waals surface area contributed by atoms with E-state index in [9.17, 15) is 20.2 Å². The van der Waals surface area contributed by atoms with E-state index in [1.54, 1.807) is 48.5 Å². The van der Waals surface area contributed by atoms with Crippen molar-refractivity contribution in [1.29, 1.82) is 5.26 Å². The molecule has 138 valence electrons. The van der Waals surface area contributed by atoms with Gasteiger partial charge in [0.05, 0.1) is 15.6 Å². The summed E-state index contributed by atoms with van der Waals surface area (Å²) in [6.07, 6.45) is 1.47. The van der Waals surface area contributed by atoms with E-state index in [4.69, 9.17) is 11.6 Å². The minimum absolute atomic E-state index is 0.000163. The molecule has 0 saturated carbocycles. The highest BCUT2D eigenvalue weighted by Crippen LogP contribution is 2.31. The van der Waals surface area contributed by atoms with Gasteiger partial charge in [-0.2, -0.15) is 5.26 Å². The van der Waals surface area contributed by atoms with Gasteiger partial charge < -0.3 is 5.32 Å². The van der Waals surface area contributed by atoms with Crippen LogP contribution in [0.2, 0.25) is 5.02 Å². The molecule has 0 aliphatic heterocycles. The van der Waals surface area contributed by atoms with E-state index in [2.05, 4.69) is 5.32 Å². The van der Waals surface area contributed by atoms with E-state index in [-0.39, 0.29) is 11.3 Å². The number of halogens is 1. The summed E-state index contributed by atoms with van der Waals surface area (Å²) in [5, 5.41) is 23.3. The predicted molar refractivity (Wildman–Crippen MR) is 110 cm³/mol. The number of nitro benzene ring substituents is 1. The molecule has 0 saturated heterocycles. The number of hydrogen-bond donors (Lipinski definition) is 1. The summed E-state index contributed by atoms with van der Waals surface area (Å²) in [7, 11) is 0. The molecule has 0 radical (unpaired) electrons. The van der Waals surface area contributed by atoms with Gasteiger partial charge in [-0.05, 0) is 35.9 Å². The largest absolute Gasteiger partial charge is 0.320 e. The number of benzene rings is 2. The zero-order chi connectivity index (χ0) is 20.1. The molecule has 6 nitrogen and oxygen atoms in total. The Kier molecular flexibility index (Phi) is 5.84. The minimum Gasteiger partial charge on any atom is -0.320 e. The first kappa shape index (κ1) is 19.3. The molecule has 1 heterocycles. The van der Waals surface area contributed by atoms with E-state index in [1.165, 1.54) is 29.5 Å². The second kappa shape index (κ2) is 8.48. The van der Waals surface area contributed by atoms with Crippen LogP contribution in [0.4, 0.5) is 11.4 Å². The molecular weight excluding hydrogens is 398 g/mol. The van der Waals surface area contributed by atoms with Crippen LogP contribution in [0.5, 0.6) is 0 Å². The predicted octanol–water partition coefficient (Wildman–Crippen LogP) is 5.52. The van der Waals surface area contributed by atoms with Crippen LogP contribution in [0.3, 0.4) is 0 Å². The van der Waals surface area contributed by atoms with E-state index in [1.807, 2.05) is 6.07 Å². The highest BCUT2D eigenvalue weighted by atomic mass is 35.5. The van der Waals surface area contributed by atoms with Crippen LogP contribution in [-0.4, -0.2) is 10.8 Å². The van der Waals surface area contributed by atoms with Crippen LogP contribution in [-0.2, 0) is 4.79 Å². The number of nitrogens with zero attached hydrogens (tertiary/aromatic N) is 2. The summed E-state index contributed by atoms with van der Waals surface area (Å²) in [5.41, 5.74) is 1.03. The lowest BCUT2D eigenvalue weighted by Crippen LogP contribution is -2.13. The third-order valence-electron chi connectivity index (χ3n) is 3.74. The van der Waals surface area contributed by atoms with Crippen molar-refractivity contribution in [2.24, 2.45) is 0 Å². The third-order valence-corrected chi connectivity index (χ3v) is 5.15. The molecular formula is C20H12ClN3O3S. The van der Waals surface area contributed by atoms with E-state index in [0.29, 0.717) is 21.2 Å². The van der Waals surface area contributed by atoms with Crippen LogP contribution in [0.15, 0.2) is 66.2 Å². The Bertz CT molecular complexity index is 1130. The standard InChI is InChI=1S/C20H12ClN3O3S/c21-17-6-1-2-7-18(17)23-20(25)14(12-22)11-16-8-9-19(28-16)13-4-3-5-15(10-13)24(26)27/h1-11H,(H,23,25)/b14-11+. The maximum atomic E-state index is 12.4. The fourth-order valence-electron chi connectivity index (χ4n) is 2.40. The summed E-state index contributed by atoms with van der Waals surface area (Å²) >= 11 is 7.34. The molecule has 3 aromatic rings. The summed E-state index contributed by atoms with van der Waals surface area (Å²) < 4.78 is 0. The van der Waals surface area contributed by atoms with Gasteiger partial charge in [0.2, 0.25) is 0 Å². The summed E-state index contributed by atoms with van der Waals surface area (Å²) in [5.74, 6) is -0.569. The van der Waals surface area contributed by atoms with Crippen molar-refractivity contribution in [1.82, 2.24) is 0 Å². The summed E-state index contributed by atoms with van der Waals surface area (Å²) in [6, 6.07) is 18.4. The Hall–Kier alpha value is -3.47. The van der Waals surface area contributed by atoms with Gasteiger partial charge in [0.25, 0.3) is 11.6 Å². The van der Waals surface area contributed by atoms with Crippen molar-refractivity contribution in [3.63, 3.8) is 0 Å². The highest BCUT2D eigenvalue weighted by Gasteiger charge is 2.13. The fourth-order valence-corrected chi connectivity index (χ4v) is 3.53. The van der Waals surface area contributed by atoms with E-state index >= 15 is 0 Å². The van der Waals surface area contributed by atoms with Gasteiger partial charge in [-0.15, -0.1) is 11.3 Å². The molecule has 1 aromatic heterocycles. The number of rotatable bonds is 5. The van der Waals surface area contributed by atoms with Crippen LogP contribution in [0, 0.1) is 21.4 Å². The molecule has 28 heavy (non-hydrogen) atoms. The lowest BCUT2D eigenvalue weighted by atomic mass is 10.1. The van der Waals surface area contributed by atoms with E-state index in [0.717, 1.165) is 4.88 Å². The Labute approximate surface area is 169 Å². The number of para-hydroxylation sites is 1. The zero-order valence-electron chi connectivity index (χ0n) is 14.3. The third kappa shape index (κ3) is 4.43. The van der Waals surface area contributed by atoms with Gasteiger partial charge in [0, 0.05) is 21.9 Å². The number of thiophene rings is 1. The van der Waals surface area contributed by atoms with Crippen LogP contribution >= 0.6 is 22.9 Å². The molecule has 0 unspecified atom stereocenters. The molecule has 2 aromatic carbocycles. The minimum atomic E-state index is -0.569. The van der Waals surface area contributed by atoms with Gasteiger partial charge in [-0.3, -0.25) is 14.9 Å². The molecule has 0 atom stereocenters. The SMILES string of the molecule is N#C/C(=C\c1ccc(-c2cccc([N+](=O)[O-])c2)s1)C(=O)Nc1ccccc1Cl. The molecule has 0 aliphatic rings. The number of nitrogens with one attached hydrogen (secondary N) is 1. The topological polar surface area (TPSA) is 96.0 Å². The second-order valence-electron chi connectivity index (χ2n) is 5.61. The number of non-ortho nitro benzene ring substituents is 1. The van der Waals surface area contributed by atoms with Gasteiger partial charge in [0.1, 0.15) is 11.6 Å². The smallest absolute Gasteiger partial charge is 0.270 e. The molecule has 0 aliphatic carbocycles. The molecule has 0 spiro atoms. The Morgan fingerprint density at radius 1 is 1.18 bits per heavy atom. The Morgan fingerprint density at radius 2 is 1.96 bits per heavy atom. The number of nitriles is 1. The van der Waals surface area contributed by atoms with Crippen molar-refractivity contribution < 1.29 is 9.72 Å². The van der Waals surface area contributed by atoms with Gasteiger partial charge in [-0.25, -0.2) is 0 Å². The average molecular weight is 410 g/mol. The molecule has 0 fully saturated rings. The van der Waals surface area contributed by atoms with Crippen LogP contribution in [0.25, 0.3) is 16.5 Å². The van der Waals surface area contributed by atoms with Crippen LogP contribution < -0.4 is 5.32 Å². The fraction of sp³-hybridized carbons (Fsp3) is 0. The lowest BCUT2D eigenvalue weighted by Gasteiger charge is -2.05. The average Bonchev–Trinajstić information content (AvgIpc) is 3.16. The number of anilines is 1. The maximum absolute atomic E-state index is 12.4. The zero-order valence-corrected chi connectivity index (χ0v) is 15.8. The quantitative estimate of drug-likeness (QED) is 0.259.